The van der Waals surface area contributed by atoms with E-state index in [1.54, 1.807) is 26.0 Å². The number of para-hydroxylation sites is 1. The molecule has 3 aromatic rings. The molecule has 11 heteroatoms. The maximum atomic E-state index is 14.5. The van der Waals surface area contributed by atoms with Crippen LogP contribution in [0.1, 0.15) is 18.1 Å². The Labute approximate surface area is 195 Å². The quantitative estimate of drug-likeness (QED) is 0.296. The first-order valence-electron chi connectivity index (χ1n) is 10.0. The number of anilines is 1. The molecular formula is C23H21FN4O5S. The van der Waals surface area contributed by atoms with Crippen LogP contribution in [0.5, 0.6) is 0 Å². The van der Waals surface area contributed by atoms with Crippen LogP contribution in [0.3, 0.4) is 0 Å². The minimum absolute atomic E-state index is 0.0950. The number of benzene rings is 3. The number of hydrogen-bond donors (Lipinski definition) is 1. The van der Waals surface area contributed by atoms with Crippen molar-refractivity contribution in [3.63, 3.8) is 0 Å². The monoisotopic (exact) mass is 484 g/mol. The largest absolute Gasteiger partial charge is 0.271 e. The SMILES string of the molecule is C/C(=N\NC(=O)CN(c1ccccc1F)S(=O)(=O)c1ccc(C)cc1)c1ccc([N+](=O)[O-])cc1. The minimum atomic E-state index is -4.27. The molecule has 0 radical (unpaired) electrons. The van der Waals surface area contributed by atoms with Crippen molar-refractivity contribution in [2.45, 2.75) is 18.7 Å². The highest BCUT2D eigenvalue weighted by Gasteiger charge is 2.29. The van der Waals surface area contributed by atoms with Crippen LogP contribution < -0.4 is 9.73 Å². The van der Waals surface area contributed by atoms with Crippen molar-refractivity contribution in [2.75, 3.05) is 10.8 Å². The highest BCUT2D eigenvalue weighted by molar-refractivity contribution is 7.92. The van der Waals surface area contributed by atoms with Gasteiger partial charge < -0.3 is 0 Å². The van der Waals surface area contributed by atoms with Crippen LogP contribution in [0.2, 0.25) is 0 Å². The number of halogens is 1. The van der Waals surface area contributed by atoms with Gasteiger partial charge in [-0.15, -0.1) is 0 Å². The lowest BCUT2D eigenvalue weighted by molar-refractivity contribution is -0.384. The Hall–Kier alpha value is -4.12. The Morgan fingerprint density at radius 3 is 2.26 bits per heavy atom. The summed E-state index contributed by atoms with van der Waals surface area (Å²) in [7, 11) is -4.27. The van der Waals surface area contributed by atoms with E-state index in [1.165, 1.54) is 54.6 Å². The molecule has 0 aliphatic heterocycles. The van der Waals surface area contributed by atoms with Crippen molar-refractivity contribution < 1.29 is 22.5 Å². The molecule has 0 aromatic heterocycles. The predicted molar refractivity (Wildman–Crippen MR) is 126 cm³/mol. The second kappa shape index (κ2) is 10.2. The summed E-state index contributed by atoms with van der Waals surface area (Å²) in [6.45, 7) is 2.64. The van der Waals surface area contributed by atoms with Crippen LogP contribution in [0.25, 0.3) is 0 Å². The Balaban J connectivity index is 1.85. The van der Waals surface area contributed by atoms with Gasteiger partial charge in [0.2, 0.25) is 0 Å². The van der Waals surface area contributed by atoms with Crippen LogP contribution >= 0.6 is 0 Å². The van der Waals surface area contributed by atoms with Gasteiger partial charge in [0.25, 0.3) is 21.6 Å². The van der Waals surface area contributed by atoms with E-state index < -0.39 is 33.2 Å². The summed E-state index contributed by atoms with van der Waals surface area (Å²) in [5, 5.41) is 14.7. The molecule has 9 nitrogen and oxygen atoms in total. The average molecular weight is 485 g/mol. The van der Waals surface area contributed by atoms with Crippen LogP contribution in [0, 0.1) is 22.9 Å². The van der Waals surface area contributed by atoms with Crippen molar-refractivity contribution in [3.05, 3.63) is 99.9 Å². The molecule has 176 valence electrons. The number of nitro groups is 1. The van der Waals surface area contributed by atoms with Gasteiger partial charge in [-0.05, 0) is 55.8 Å². The smallest absolute Gasteiger partial charge is 0.269 e. The predicted octanol–water partition coefficient (Wildman–Crippen LogP) is 3.78. The summed E-state index contributed by atoms with van der Waals surface area (Å²) in [5.74, 6) is -1.61. The topological polar surface area (TPSA) is 122 Å². The number of nitro benzene ring substituents is 1. The van der Waals surface area contributed by atoms with E-state index in [0.29, 0.717) is 15.6 Å². The number of hydrogen-bond acceptors (Lipinski definition) is 6. The number of amides is 1. The summed E-state index contributed by atoms with van der Waals surface area (Å²) >= 11 is 0. The first-order valence-corrected chi connectivity index (χ1v) is 11.5. The molecule has 1 N–H and O–H groups in total. The number of nitrogens with zero attached hydrogens (tertiary/aromatic N) is 3. The van der Waals surface area contributed by atoms with Crippen molar-refractivity contribution in [1.82, 2.24) is 5.43 Å². The van der Waals surface area contributed by atoms with Crippen molar-refractivity contribution in [2.24, 2.45) is 5.10 Å². The standard InChI is InChI=1S/C23H21FN4O5S/c1-16-7-13-20(14-8-16)34(32,33)27(22-6-4-3-5-21(22)24)15-23(29)26-25-17(2)18-9-11-19(12-10-18)28(30)31/h3-14H,15H2,1-2H3,(H,26,29)/b25-17+. The third-order valence-corrected chi connectivity index (χ3v) is 6.64. The number of aryl methyl sites for hydroxylation is 1. The average Bonchev–Trinajstić information content (AvgIpc) is 2.82. The van der Waals surface area contributed by atoms with Gasteiger partial charge in [0.1, 0.15) is 12.4 Å². The molecule has 0 saturated heterocycles. The molecule has 0 unspecified atom stereocenters. The molecule has 0 bridgehead atoms. The van der Waals surface area contributed by atoms with E-state index in [2.05, 4.69) is 10.5 Å². The molecule has 0 aliphatic carbocycles. The summed E-state index contributed by atoms with van der Waals surface area (Å²) in [6.07, 6.45) is 0. The second-order valence-electron chi connectivity index (χ2n) is 7.31. The number of non-ortho nitro benzene ring substituents is 1. The number of sulfonamides is 1. The molecule has 0 atom stereocenters. The number of rotatable bonds is 8. The first kappa shape index (κ1) is 24.5. The number of carbonyl (C=O) groups is 1. The van der Waals surface area contributed by atoms with Gasteiger partial charge in [-0.2, -0.15) is 5.10 Å². The first-order chi connectivity index (χ1) is 16.1. The van der Waals surface area contributed by atoms with Crippen molar-refractivity contribution >= 4 is 33.0 Å². The lowest BCUT2D eigenvalue weighted by atomic mass is 10.1. The van der Waals surface area contributed by atoms with Gasteiger partial charge in [0.15, 0.2) is 0 Å². The number of hydrazone groups is 1. The van der Waals surface area contributed by atoms with E-state index in [9.17, 15) is 27.7 Å². The summed E-state index contributed by atoms with van der Waals surface area (Å²) in [4.78, 5) is 22.8. The molecule has 3 aromatic carbocycles. The third-order valence-electron chi connectivity index (χ3n) is 4.86. The maximum absolute atomic E-state index is 14.5. The molecule has 1 amide bonds. The molecule has 0 saturated carbocycles. The maximum Gasteiger partial charge on any atom is 0.269 e. The fourth-order valence-corrected chi connectivity index (χ4v) is 4.42. The normalized spacial score (nSPS) is 11.7. The minimum Gasteiger partial charge on any atom is -0.271 e. The van der Waals surface area contributed by atoms with E-state index in [0.717, 1.165) is 11.6 Å². The summed E-state index contributed by atoms with van der Waals surface area (Å²) in [6, 6.07) is 16.7. The molecular weight excluding hydrogens is 463 g/mol. The zero-order valence-corrected chi connectivity index (χ0v) is 19.1. The lowest BCUT2D eigenvalue weighted by Gasteiger charge is -2.24. The number of carbonyl (C=O) groups excluding carboxylic acids is 1. The molecule has 0 aliphatic rings. The second-order valence-corrected chi connectivity index (χ2v) is 9.17. The zero-order chi connectivity index (χ0) is 24.9. The fourth-order valence-electron chi connectivity index (χ4n) is 2.99. The van der Waals surface area contributed by atoms with Gasteiger partial charge in [-0.1, -0.05) is 29.8 Å². The summed E-state index contributed by atoms with van der Waals surface area (Å²) in [5.41, 5.74) is 3.57. The van der Waals surface area contributed by atoms with Crippen LogP contribution in [0.4, 0.5) is 15.8 Å². The van der Waals surface area contributed by atoms with Gasteiger partial charge in [-0.3, -0.25) is 19.2 Å². The molecule has 34 heavy (non-hydrogen) atoms. The molecule has 0 fully saturated rings. The fraction of sp³-hybridized carbons (Fsp3) is 0.130. The Bertz CT molecular complexity index is 1340. The Morgan fingerprint density at radius 1 is 1.06 bits per heavy atom. The van der Waals surface area contributed by atoms with Crippen molar-refractivity contribution in [3.8, 4) is 0 Å². The molecule has 0 heterocycles. The third kappa shape index (κ3) is 5.62. The van der Waals surface area contributed by atoms with Crippen molar-refractivity contribution in [1.29, 1.82) is 0 Å². The number of nitrogens with one attached hydrogen (secondary N) is 1. The van der Waals surface area contributed by atoms with Gasteiger partial charge in [0.05, 0.1) is 21.2 Å². The van der Waals surface area contributed by atoms with Crippen LogP contribution in [0.15, 0.2) is 82.8 Å². The Kier molecular flexibility index (Phi) is 7.37. The van der Waals surface area contributed by atoms with Crippen LogP contribution in [-0.2, 0) is 14.8 Å². The van der Waals surface area contributed by atoms with Crippen LogP contribution in [-0.4, -0.2) is 31.5 Å². The van der Waals surface area contributed by atoms with E-state index >= 15 is 0 Å². The molecule has 3 rings (SSSR count). The lowest BCUT2D eigenvalue weighted by Crippen LogP contribution is -2.40. The van der Waals surface area contributed by atoms with E-state index in [4.69, 9.17) is 0 Å². The van der Waals surface area contributed by atoms with Gasteiger partial charge in [0, 0.05) is 12.1 Å². The summed E-state index contributed by atoms with van der Waals surface area (Å²) < 4.78 is 41.7. The van der Waals surface area contributed by atoms with E-state index in [-0.39, 0.29) is 16.3 Å². The van der Waals surface area contributed by atoms with E-state index in [1.807, 2.05) is 0 Å². The highest BCUT2D eigenvalue weighted by atomic mass is 32.2. The molecule has 0 spiro atoms. The Morgan fingerprint density at radius 2 is 1.68 bits per heavy atom. The van der Waals surface area contributed by atoms with Gasteiger partial charge >= 0.3 is 0 Å². The highest BCUT2D eigenvalue weighted by Crippen LogP contribution is 2.26. The zero-order valence-electron chi connectivity index (χ0n) is 18.3. The van der Waals surface area contributed by atoms with Gasteiger partial charge in [-0.25, -0.2) is 18.2 Å².